The standard InChI is InChI=1S/C6H10O2PS/c1-3-5-7-9(10)8-6-4-2/h3-4H,1-2,5-6H2/q+1. The van der Waals surface area contributed by atoms with Crippen molar-refractivity contribution in [1.82, 2.24) is 0 Å². The second-order valence-electron chi connectivity index (χ2n) is 1.39. The van der Waals surface area contributed by atoms with E-state index in [2.05, 4.69) is 13.2 Å². The molecule has 0 radical (unpaired) electrons. The van der Waals surface area contributed by atoms with Crippen LogP contribution in [0.15, 0.2) is 25.3 Å². The third-order valence-electron chi connectivity index (χ3n) is 0.596. The Kier molecular flexibility index (Phi) is 6.98. The van der Waals surface area contributed by atoms with Gasteiger partial charge in [-0.3, -0.25) is 0 Å². The zero-order valence-corrected chi connectivity index (χ0v) is 7.37. The average Bonchev–Trinajstić information content (AvgIpc) is 1.97. The Hall–Kier alpha value is -0.0800. The van der Waals surface area contributed by atoms with Gasteiger partial charge in [-0.2, -0.15) is 0 Å². The Morgan fingerprint density at radius 2 is 1.60 bits per heavy atom. The van der Waals surface area contributed by atoms with Crippen LogP contribution in [0.4, 0.5) is 0 Å². The summed E-state index contributed by atoms with van der Waals surface area (Å²) in [7, 11) is -1.15. The van der Waals surface area contributed by atoms with E-state index in [4.69, 9.17) is 20.9 Å². The SMILES string of the molecule is C=CCO[P+](=S)OCC=C. The molecular weight excluding hydrogens is 167 g/mol. The number of hydrogen-bond donors (Lipinski definition) is 0. The predicted molar refractivity (Wildman–Crippen MR) is 46.6 cm³/mol. The Balaban J connectivity index is 3.24. The van der Waals surface area contributed by atoms with Crippen molar-refractivity contribution < 1.29 is 9.05 Å². The first-order valence-corrected chi connectivity index (χ1v) is 4.95. The van der Waals surface area contributed by atoms with Crippen LogP contribution < -0.4 is 0 Å². The van der Waals surface area contributed by atoms with Crippen LogP contribution in [0.25, 0.3) is 0 Å². The van der Waals surface area contributed by atoms with Crippen molar-refractivity contribution >= 4 is 19.0 Å². The molecule has 0 saturated carbocycles. The highest BCUT2D eigenvalue weighted by atomic mass is 32.4. The number of hydrogen-bond acceptors (Lipinski definition) is 3. The molecule has 0 unspecified atom stereocenters. The molecule has 0 bridgehead atoms. The van der Waals surface area contributed by atoms with Crippen molar-refractivity contribution in [1.29, 1.82) is 0 Å². The molecule has 0 fully saturated rings. The lowest BCUT2D eigenvalue weighted by Crippen LogP contribution is -1.84. The van der Waals surface area contributed by atoms with E-state index in [0.717, 1.165) is 0 Å². The summed E-state index contributed by atoms with van der Waals surface area (Å²) in [6, 6.07) is 0. The first-order valence-electron chi connectivity index (χ1n) is 2.76. The van der Waals surface area contributed by atoms with Crippen LogP contribution in [0.2, 0.25) is 0 Å². The second-order valence-corrected chi connectivity index (χ2v) is 3.25. The molecule has 0 rings (SSSR count). The van der Waals surface area contributed by atoms with Gasteiger partial charge in [-0.1, -0.05) is 12.2 Å². The van der Waals surface area contributed by atoms with Crippen LogP contribution >= 0.6 is 7.15 Å². The minimum Gasteiger partial charge on any atom is -0.138 e. The first-order chi connectivity index (χ1) is 4.81. The van der Waals surface area contributed by atoms with Gasteiger partial charge in [0.2, 0.25) is 11.8 Å². The molecule has 0 spiro atoms. The zero-order valence-electron chi connectivity index (χ0n) is 5.66. The molecule has 0 aromatic heterocycles. The van der Waals surface area contributed by atoms with Gasteiger partial charge in [-0.05, 0) is 0 Å². The summed E-state index contributed by atoms with van der Waals surface area (Å²) in [4.78, 5) is 0. The van der Waals surface area contributed by atoms with Crippen molar-refractivity contribution in [2.75, 3.05) is 13.2 Å². The fraction of sp³-hybridized carbons (Fsp3) is 0.333. The van der Waals surface area contributed by atoms with Crippen LogP contribution in [0.3, 0.4) is 0 Å². The highest BCUT2D eigenvalue weighted by molar-refractivity contribution is 8.00. The van der Waals surface area contributed by atoms with Crippen LogP contribution in [-0.4, -0.2) is 13.2 Å². The van der Waals surface area contributed by atoms with E-state index < -0.39 is 7.15 Å². The van der Waals surface area contributed by atoms with Crippen molar-refractivity contribution in [3.8, 4) is 0 Å². The van der Waals surface area contributed by atoms with Crippen LogP contribution in [0.5, 0.6) is 0 Å². The van der Waals surface area contributed by atoms with E-state index in [-0.39, 0.29) is 0 Å². The van der Waals surface area contributed by atoms with Crippen molar-refractivity contribution in [3.05, 3.63) is 25.3 Å². The van der Waals surface area contributed by atoms with E-state index in [1.54, 1.807) is 12.2 Å². The molecule has 4 heteroatoms. The molecular formula is C6H10O2PS+. The Labute approximate surface area is 67.1 Å². The normalized spacial score (nSPS) is 8.80. The van der Waals surface area contributed by atoms with E-state index in [9.17, 15) is 0 Å². The molecule has 10 heavy (non-hydrogen) atoms. The minimum absolute atomic E-state index is 0.451. The molecule has 0 heterocycles. The molecule has 0 amide bonds. The molecule has 0 saturated heterocycles. The van der Waals surface area contributed by atoms with E-state index >= 15 is 0 Å². The maximum Gasteiger partial charge on any atom is 0.522 e. The van der Waals surface area contributed by atoms with Crippen LogP contribution in [0.1, 0.15) is 0 Å². The van der Waals surface area contributed by atoms with Crippen LogP contribution in [0, 0.1) is 0 Å². The molecule has 0 aromatic carbocycles. The number of rotatable bonds is 6. The summed E-state index contributed by atoms with van der Waals surface area (Å²) < 4.78 is 9.97. The topological polar surface area (TPSA) is 18.5 Å². The van der Waals surface area contributed by atoms with Gasteiger partial charge in [-0.25, -0.2) is 0 Å². The van der Waals surface area contributed by atoms with Gasteiger partial charge in [-0.15, -0.1) is 22.2 Å². The predicted octanol–water partition coefficient (Wildman–Crippen LogP) is 2.17. The third-order valence-corrected chi connectivity index (χ3v) is 1.95. The van der Waals surface area contributed by atoms with Gasteiger partial charge in [0.25, 0.3) is 0 Å². The van der Waals surface area contributed by atoms with Gasteiger partial charge in [0.1, 0.15) is 13.2 Å². The summed E-state index contributed by atoms with van der Waals surface area (Å²) in [5.41, 5.74) is 0. The minimum atomic E-state index is -1.15. The molecule has 0 aliphatic heterocycles. The van der Waals surface area contributed by atoms with Gasteiger partial charge < -0.3 is 0 Å². The highest BCUT2D eigenvalue weighted by Gasteiger charge is 2.09. The molecule has 0 aromatic rings. The van der Waals surface area contributed by atoms with Gasteiger partial charge in [0, 0.05) is 0 Å². The van der Waals surface area contributed by atoms with Gasteiger partial charge >= 0.3 is 7.15 Å². The van der Waals surface area contributed by atoms with Gasteiger partial charge in [0.15, 0.2) is 0 Å². The lowest BCUT2D eigenvalue weighted by Gasteiger charge is -1.85. The largest absolute Gasteiger partial charge is 0.522 e. The fourth-order valence-electron chi connectivity index (χ4n) is 0.264. The first kappa shape index (κ1) is 9.92. The Morgan fingerprint density at radius 1 is 1.20 bits per heavy atom. The molecule has 0 N–H and O–H groups in total. The van der Waals surface area contributed by atoms with Crippen LogP contribution in [-0.2, 0) is 20.9 Å². The molecule has 56 valence electrons. The van der Waals surface area contributed by atoms with E-state index in [0.29, 0.717) is 13.2 Å². The van der Waals surface area contributed by atoms with Gasteiger partial charge in [0.05, 0.1) is 0 Å². The molecule has 0 atom stereocenters. The summed E-state index contributed by atoms with van der Waals surface area (Å²) in [6.45, 7) is 7.85. The smallest absolute Gasteiger partial charge is 0.138 e. The average molecular weight is 177 g/mol. The summed E-state index contributed by atoms with van der Waals surface area (Å²) >= 11 is 4.79. The lowest BCUT2D eigenvalue weighted by atomic mass is 10.7. The molecule has 0 aliphatic carbocycles. The van der Waals surface area contributed by atoms with Crippen molar-refractivity contribution in [2.24, 2.45) is 0 Å². The van der Waals surface area contributed by atoms with E-state index in [1.165, 1.54) is 0 Å². The Bertz CT molecular complexity index is 122. The maximum atomic E-state index is 4.98. The maximum absolute atomic E-state index is 4.98. The molecule has 2 nitrogen and oxygen atoms in total. The third kappa shape index (κ3) is 6.05. The van der Waals surface area contributed by atoms with E-state index in [1.807, 2.05) is 0 Å². The quantitative estimate of drug-likeness (QED) is 0.457. The monoisotopic (exact) mass is 177 g/mol. The Morgan fingerprint density at radius 3 is 1.90 bits per heavy atom. The second kappa shape index (κ2) is 7.03. The fourth-order valence-corrected chi connectivity index (χ4v) is 1.16. The van der Waals surface area contributed by atoms with Crippen molar-refractivity contribution in [3.63, 3.8) is 0 Å². The zero-order chi connectivity index (χ0) is 7.82. The lowest BCUT2D eigenvalue weighted by molar-refractivity contribution is 0.308. The summed E-state index contributed by atoms with van der Waals surface area (Å²) in [5.74, 6) is 0. The van der Waals surface area contributed by atoms with Crippen molar-refractivity contribution in [2.45, 2.75) is 0 Å². The summed E-state index contributed by atoms with van der Waals surface area (Å²) in [6.07, 6.45) is 3.28. The highest BCUT2D eigenvalue weighted by Crippen LogP contribution is 2.23. The molecule has 0 aliphatic rings. The summed E-state index contributed by atoms with van der Waals surface area (Å²) in [5, 5.41) is 0.